The quantitative estimate of drug-likeness (QED) is 0.873. The van der Waals surface area contributed by atoms with Crippen molar-refractivity contribution in [3.8, 4) is 5.75 Å². The lowest BCUT2D eigenvalue weighted by molar-refractivity contribution is -0.122. The lowest BCUT2D eigenvalue weighted by atomic mass is 9.80. The molecule has 0 spiro atoms. The summed E-state index contributed by atoms with van der Waals surface area (Å²) in [6, 6.07) is 6.46. The van der Waals surface area contributed by atoms with Crippen molar-refractivity contribution < 1.29 is 9.53 Å². The first-order chi connectivity index (χ1) is 10.0. The van der Waals surface area contributed by atoms with E-state index in [-0.39, 0.29) is 5.91 Å². The van der Waals surface area contributed by atoms with Crippen LogP contribution in [0.1, 0.15) is 40.0 Å². The van der Waals surface area contributed by atoms with E-state index in [9.17, 15) is 4.79 Å². The first kappa shape index (κ1) is 14.2. The molecule has 0 radical (unpaired) electrons. The number of carbonyl (C=O) groups excluding carboxylic acids is 1. The molecular weight excluding hydrogens is 264 g/mol. The fourth-order valence-corrected chi connectivity index (χ4v) is 3.39. The number of carbonyl (C=O) groups is 1. The van der Waals surface area contributed by atoms with Crippen LogP contribution in [0, 0.1) is 11.8 Å². The summed E-state index contributed by atoms with van der Waals surface area (Å²) >= 11 is 0. The molecule has 1 heterocycles. The number of benzene rings is 1. The normalized spacial score (nSPS) is 31.9. The van der Waals surface area contributed by atoms with Crippen LogP contribution >= 0.6 is 0 Å². The largest absolute Gasteiger partial charge is 0.479 e. The number of amides is 1. The topological polar surface area (TPSA) is 50.4 Å². The lowest BCUT2D eigenvalue weighted by Gasteiger charge is -2.34. The van der Waals surface area contributed by atoms with Gasteiger partial charge in [-0.05, 0) is 56.2 Å². The Morgan fingerprint density at radius 3 is 2.81 bits per heavy atom. The van der Waals surface area contributed by atoms with Crippen molar-refractivity contribution >= 4 is 17.3 Å². The van der Waals surface area contributed by atoms with Crippen LogP contribution in [0.5, 0.6) is 5.75 Å². The number of hydrogen-bond donors (Lipinski definition) is 2. The van der Waals surface area contributed by atoms with Gasteiger partial charge in [0.2, 0.25) is 0 Å². The van der Waals surface area contributed by atoms with E-state index in [0.717, 1.165) is 23.0 Å². The van der Waals surface area contributed by atoms with Crippen molar-refractivity contribution in [2.45, 2.75) is 52.2 Å². The Labute approximate surface area is 126 Å². The zero-order valence-corrected chi connectivity index (χ0v) is 13.0. The van der Waals surface area contributed by atoms with Gasteiger partial charge in [-0.15, -0.1) is 0 Å². The van der Waals surface area contributed by atoms with Gasteiger partial charge in [-0.2, -0.15) is 0 Å². The van der Waals surface area contributed by atoms with Crippen LogP contribution in [0.15, 0.2) is 18.2 Å². The summed E-state index contributed by atoms with van der Waals surface area (Å²) < 4.78 is 5.58. The number of anilines is 2. The van der Waals surface area contributed by atoms with Crippen molar-refractivity contribution in [1.29, 1.82) is 0 Å². The highest BCUT2D eigenvalue weighted by atomic mass is 16.5. The molecule has 114 valence electrons. The molecule has 2 aliphatic rings. The molecule has 4 unspecified atom stereocenters. The third kappa shape index (κ3) is 2.99. The third-order valence-electron chi connectivity index (χ3n) is 4.69. The van der Waals surface area contributed by atoms with Gasteiger partial charge in [0.05, 0.1) is 5.69 Å². The van der Waals surface area contributed by atoms with E-state index in [0.29, 0.717) is 12.0 Å². The summed E-state index contributed by atoms with van der Waals surface area (Å²) in [6.45, 7) is 6.41. The Bertz CT molecular complexity index is 544. The third-order valence-corrected chi connectivity index (χ3v) is 4.69. The zero-order chi connectivity index (χ0) is 15.0. The van der Waals surface area contributed by atoms with E-state index < -0.39 is 6.10 Å². The average Bonchev–Trinajstić information content (AvgIpc) is 2.43. The highest BCUT2D eigenvalue weighted by Gasteiger charge is 2.26. The molecular formula is C17H24N2O2. The Balaban J connectivity index is 1.72. The van der Waals surface area contributed by atoms with E-state index in [1.165, 1.54) is 19.3 Å². The smallest absolute Gasteiger partial charge is 0.265 e. The molecule has 1 fully saturated rings. The van der Waals surface area contributed by atoms with E-state index in [2.05, 4.69) is 24.5 Å². The highest BCUT2D eigenvalue weighted by Crippen LogP contribution is 2.35. The minimum atomic E-state index is -0.420. The van der Waals surface area contributed by atoms with Crippen LogP contribution in [0.2, 0.25) is 0 Å². The molecule has 1 aliphatic heterocycles. The standard InChI is InChI=1S/C17H24N2O2/c1-10-4-6-14(11(2)8-10)18-13-5-7-16-15(9-13)19-17(20)12(3)21-16/h5,7,9-12,14,18H,4,6,8H2,1-3H3,(H,19,20). The van der Waals surface area contributed by atoms with Gasteiger partial charge in [0.15, 0.2) is 6.10 Å². The van der Waals surface area contributed by atoms with E-state index >= 15 is 0 Å². The van der Waals surface area contributed by atoms with Gasteiger partial charge in [-0.25, -0.2) is 0 Å². The molecule has 4 atom stereocenters. The number of ether oxygens (including phenoxy) is 1. The van der Waals surface area contributed by atoms with Gasteiger partial charge in [-0.3, -0.25) is 4.79 Å². The molecule has 1 saturated carbocycles. The van der Waals surface area contributed by atoms with Crippen LogP contribution in [-0.2, 0) is 4.79 Å². The van der Waals surface area contributed by atoms with Gasteiger partial charge in [0, 0.05) is 11.7 Å². The highest BCUT2D eigenvalue weighted by molar-refractivity contribution is 5.98. The molecule has 1 amide bonds. The SMILES string of the molecule is CC1CCC(Nc2ccc3c(c2)NC(=O)C(C)O3)C(C)C1. The number of fused-ring (bicyclic) bond motifs is 1. The van der Waals surface area contributed by atoms with Gasteiger partial charge in [0.1, 0.15) is 5.75 Å². The van der Waals surface area contributed by atoms with E-state index in [1.807, 2.05) is 18.2 Å². The Morgan fingerprint density at radius 1 is 1.24 bits per heavy atom. The van der Waals surface area contributed by atoms with Crippen LogP contribution < -0.4 is 15.4 Å². The van der Waals surface area contributed by atoms with Crippen LogP contribution in [0.3, 0.4) is 0 Å². The number of hydrogen-bond acceptors (Lipinski definition) is 3. The minimum Gasteiger partial charge on any atom is -0.479 e. The van der Waals surface area contributed by atoms with Crippen molar-refractivity contribution in [2.24, 2.45) is 11.8 Å². The average molecular weight is 288 g/mol. The predicted molar refractivity (Wildman–Crippen MR) is 84.8 cm³/mol. The summed E-state index contributed by atoms with van der Waals surface area (Å²) in [5.74, 6) is 2.17. The van der Waals surface area contributed by atoms with Crippen molar-refractivity contribution in [2.75, 3.05) is 10.6 Å². The Morgan fingerprint density at radius 2 is 2.05 bits per heavy atom. The zero-order valence-electron chi connectivity index (χ0n) is 13.0. The predicted octanol–water partition coefficient (Wildman–Crippen LogP) is 3.64. The number of rotatable bonds is 2. The second-order valence-corrected chi connectivity index (χ2v) is 6.61. The summed E-state index contributed by atoms with van der Waals surface area (Å²) in [5, 5.41) is 6.52. The molecule has 0 aromatic heterocycles. The van der Waals surface area contributed by atoms with Crippen LogP contribution in [-0.4, -0.2) is 18.1 Å². The van der Waals surface area contributed by atoms with Gasteiger partial charge in [-0.1, -0.05) is 13.8 Å². The second kappa shape index (κ2) is 5.58. The first-order valence-corrected chi connectivity index (χ1v) is 7.91. The Kier molecular flexibility index (Phi) is 3.79. The molecule has 4 heteroatoms. The lowest BCUT2D eigenvalue weighted by Crippen LogP contribution is -2.35. The molecule has 1 aromatic rings. The fraction of sp³-hybridized carbons (Fsp3) is 0.588. The second-order valence-electron chi connectivity index (χ2n) is 6.61. The molecule has 0 saturated heterocycles. The summed E-state index contributed by atoms with van der Waals surface area (Å²) in [4.78, 5) is 11.7. The first-order valence-electron chi connectivity index (χ1n) is 7.91. The molecule has 21 heavy (non-hydrogen) atoms. The van der Waals surface area contributed by atoms with E-state index in [4.69, 9.17) is 4.74 Å². The monoisotopic (exact) mass is 288 g/mol. The molecule has 2 N–H and O–H groups in total. The fourth-order valence-electron chi connectivity index (χ4n) is 3.39. The minimum absolute atomic E-state index is 0.0838. The summed E-state index contributed by atoms with van der Waals surface area (Å²) in [6.07, 6.45) is 3.35. The van der Waals surface area contributed by atoms with Crippen LogP contribution in [0.4, 0.5) is 11.4 Å². The van der Waals surface area contributed by atoms with Gasteiger partial charge >= 0.3 is 0 Å². The van der Waals surface area contributed by atoms with Crippen molar-refractivity contribution in [1.82, 2.24) is 0 Å². The van der Waals surface area contributed by atoms with Crippen LogP contribution in [0.25, 0.3) is 0 Å². The van der Waals surface area contributed by atoms with Gasteiger partial charge in [0.25, 0.3) is 5.91 Å². The number of nitrogens with one attached hydrogen (secondary N) is 2. The summed E-state index contributed by atoms with van der Waals surface area (Å²) in [7, 11) is 0. The van der Waals surface area contributed by atoms with E-state index in [1.54, 1.807) is 6.92 Å². The molecule has 3 rings (SSSR count). The maximum absolute atomic E-state index is 11.7. The van der Waals surface area contributed by atoms with Crippen molar-refractivity contribution in [3.63, 3.8) is 0 Å². The van der Waals surface area contributed by atoms with Gasteiger partial charge < -0.3 is 15.4 Å². The maximum Gasteiger partial charge on any atom is 0.265 e. The molecule has 0 bridgehead atoms. The molecule has 1 aliphatic carbocycles. The maximum atomic E-state index is 11.7. The molecule has 4 nitrogen and oxygen atoms in total. The van der Waals surface area contributed by atoms with Crippen molar-refractivity contribution in [3.05, 3.63) is 18.2 Å². The summed E-state index contributed by atoms with van der Waals surface area (Å²) in [5.41, 5.74) is 1.82. The molecule has 1 aromatic carbocycles. The Hall–Kier alpha value is -1.71.